The molecule has 138 valence electrons. The Morgan fingerprint density at radius 2 is 1.80 bits per heavy atom. The molecule has 0 spiro atoms. The molecule has 0 bridgehead atoms. The molecule has 3 atom stereocenters. The number of β-lactam (4-membered cyclic amide) rings is 1. The Hall–Kier alpha value is -1.62. The standard InChI is InChI=1S/C8H12N2O3S.C7H8O3S/c1-8(2)4(7(12)13)10-5(11)3(9)6(10)14-8;1-6-2-4-7(5-3-6)11(8,9)10/h3-4,6H,9H2,1-2H3,(H,12,13);2-5H,1H3,(H,8,9,10)/t3?,4-,6+;/m0./s1. The number of aliphatic carboxylic acids is 1. The van der Waals surface area contributed by atoms with Crippen molar-refractivity contribution in [2.45, 2.75) is 47.9 Å². The SMILES string of the molecule is CC1(C)S[C@@H]2C(N)C(=O)N2[C@H]1C(=O)O.Cc1ccc(S(=O)(=O)O)cc1. The number of nitrogens with two attached hydrogens (primary N) is 1. The normalized spacial score (nSPS) is 27.0. The number of thioether (sulfide) groups is 1. The van der Waals surface area contributed by atoms with Crippen LogP contribution in [0.5, 0.6) is 0 Å². The molecule has 2 saturated heterocycles. The summed E-state index contributed by atoms with van der Waals surface area (Å²) >= 11 is 1.47. The molecule has 1 aromatic carbocycles. The molecular weight excluding hydrogens is 368 g/mol. The summed E-state index contributed by atoms with van der Waals surface area (Å²) in [4.78, 5) is 23.7. The average molecular weight is 388 g/mol. The summed E-state index contributed by atoms with van der Waals surface area (Å²) in [5, 5.41) is 8.87. The van der Waals surface area contributed by atoms with Crippen molar-refractivity contribution in [3.63, 3.8) is 0 Å². The van der Waals surface area contributed by atoms with Gasteiger partial charge in [-0.15, -0.1) is 11.8 Å². The van der Waals surface area contributed by atoms with E-state index in [-0.39, 0.29) is 16.2 Å². The second-order valence-corrected chi connectivity index (χ2v) is 9.60. The molecule has 1 amide bonds. The summed E-state index contributed by atoms with van der Waals surface area (Å²) in [5.74, 6) is -1.20. The van der Waals surface area contributed by atoms with Crippen LogP contribution in [0.4, 0.5) is 0 Å². The number of carboxylic acids is 1. The number of hydrogen-bond acceptors (Lipinski definition) is 6. The molecule has 0 radical (unpaired) electrons. The van der Waals surface area contributed by atoms with Crippen LogP contribution in [-0.2, 0) is 19.7 Å². The lowest BCUT2D eigenvalue weighted by Crippen LogP contribution is -2.68. The molecule has 1 unspecified atom stereocenters. The Kier molecular flexibility index (Phi) is 5.20. The van der Waals surface area contributed by atoms with Crippen molar-refractivity contribution in [1.82, 2.24) is 4.90 Å². The van der Waals surface area contributed by atoms with Crippen LogP contribution >= 0.6 is 11.8 Å². The first-order valence-electron chi connectivity index (χ1n) is 7.39. The van der Waals surface area contributed by atoms with E-state index >= 15 is 0 Å². The highest BCUT2D eigenvalue weighted by atomic mass is 32.2. The summed E-state index contributed by atoms with van der Waals surface area (Å²) in [6, 6.07) is 4.72. The number of aryl methyl sites for hydroxylation is 1. The van der Waals surface area contributed by atoms with Gasteiger partial charge in [-0.1, -0.05) is 17.7 Å². The lowest BCUT2D eigenvalue weighted by atomic mass is 9.96. The molecule has 2 fully saturated rings. The van der Waals surface area contributed by atoms with Crippen LogP contribution in [0, 0.1) is 6.92 Å². The summed E-state index contributed by atoms with van der Waals surface area (Å²) in [6.45, 7) is 5.50. The van der Waals surface area contributed by atoms with Crippen LogP contribution in [-0.4, -0.2) is 57.1 Å². The summed E-state index contributed by atoms with van der Waals surface area (Å²) < 4.78 is 29.1. The third-order valence-electron chi connectivity index (χ3n) is 4.03. The summed E-state index contributed by atoms with van der Waals surface area (Å²) in [7, 11) is -4.02. The van der Waals surface area contributed by atoms with E-state index in [9.17, 15) is 18.0 Å². The molecule has 1 aromatic rings. The van der Waals surface area contributed by atoms with Gasteiger partial charge in [0.2, 0.25) is 5.91 Å². The van der Waals surface area contributed by atoms with Gasteiger partial charge in [-0.2, -0.15) is 8.42 Å². The van der Waals surface area contributed by atoms with E-state index in [2.05, 4.69) is 0 Å². The van der Waals surface area contributed by atoms with Crippen molar-refractivity contribution < 1.29 is 27.7 Å². The second-order valence-electron chi connectivity index (χ2n) is 6.41. The highest BCUT2D eigenvalue weighted by Gasteiger charge is 2.62. The van der Waals surface area contributed by atoms with Crippen molar-refractivity contribution in [3.05, 3.63) is 29.8 Å². The van der Waals surface area contributed by atoms with E-state index in [1.165, 1.54) is 28.8 Å². The first-order chi connectivity index (χ1) is 11.4. The van der Waals surface area contributed by atoms with Crippen LogP contribution in [0.2, 0.25) is 0 Å². The first kappa shape index (κ1) is 19.7. The van der Waals surface area contributed by atoms with E-state index < -0.39 is 32.9 Å². The Labute approximate surface area is 150 Å². The van der Waals surface area contributed by atoms with Crippen LogP contribution in [0.1, 0.15) is 19.4 Å². The topological polar surface area (TPSA) is 138 Å². The maximum atomic E-state index is 11.4. The van der Waals surface area contributed by atoms with Crippen molar-refractivity contribution in [2.24, 2.45) is 5.73 Å². The van der Waals surface area contributed by atoms with E-state index in [4.69, 9.17) is 15.4 Å². The third kappa shape index (κ3) is 3.81. The first-order valence-corrected chi connectivity index (χ1v) is 9.71. The monoisotopic (exact) mass is 388 g/mol. The van der Waals surface area contributed by atoms with E-state index in [0.717, 1.165) is 5.56 Å². The molecule has 2 aliphatic heterocycles. The zero-order valence-electron chi connectivity index (χ0n) is 13.9. The quantitative estimate of drug-likeness (QED) is 0.497. The minimum atomic E-state index is -4.02. The Bertz CT molecular complexity index is 791. The lowest BCUT2D eigenvalue weighted by molar-refractivity contribution is -0.159. The average Bonchev–Trinajstić information content (AvgIpc) is 2.76. The Morgan fingerprint density at radius 3 is 2.24 bits per heavy atom. The second kappa shape index (κ2) is 6.60. The molecule has 0 aromatic heterocycles. The molecule has 2 heterocycles. The van der Waals surface area contributed by atoms with Crippen molar-refractivity contribution in [3.8, 4) is 0 Å². The maximum Gasteiger partial charge on any atom is 0.327 e. The molecule has 0 saturated carbocycles. The van der Waals surface area contributed by atoms with Gasteiger partial charge in [-0.3, -0.25) is 9.35 Å². The number of hydrogen-bond donors (Lipinski definition) is 3. The Balaban J connectivity index is 0.000000186. The predicted molar refractivity (Wildman–Crippen MR) is 92.7 cm³/mol. The third-order valence-corrected chi connectivity index (χ3v) is 6.50. The van der Waals surface area contributed by atoms with Crippen molar-refractivity contribution in [2.75, 3.05) is 0 Å². The fourth-order valence-electron chi connectivity index (χ4n) is 2.75. The van der Waals surface area contributed by atoms with Crippen LogP contribution in [0.15, 0.2) is 29.2 Å². The number of carboxylic acid groups (broad SMARTS) is 1. The lowest BCUT2D eigenvalue weighted by Gasteiger charge is -2.41. The highest BCUT2D eigenvalue weighted by Crippen LogP contribution is 2.50. The van der Waals surface area contributed by atoms with E-state index in [1.54, 1.807) is 12.1 Å². The molecule has 25 heavy (non-hydrogen) atoms. The molecule has 10 heteroatoms. The molecule has 8 nitrogen and oxygen atoms in total. The van der Waals surface area contributed by atoms with Gasteiger partial charge in [0.25, 0.3) is 10.1 Å². The zero-order valence-corrected chi connectivity index (χ0v) is 15.5. The molecule has 2 aliphatic rings. The van der Waals surface area contributed by atoms with E-state index in [0.29, 0.717) is 0 Å². The minimum Gasteiger partial charge on any atom is -0.480 e. The van der Waals surface area contributed by atoms with Crippen LogP contribution in [0.25, 0.3) is 0 Å². The van der Waals surface area contributed by atoms with Gasteiger partial charge in [0.05, 0.1) is 4.90 Å². The van der Waals surface area contributed by atoms with Gasteiger partial charge < -0.3 is 15.7 Å². The molecular formula is C15H20N2O6S2. The molecule has 4 N–H and O–H groups in total. The van der Waals surface area contributed by atoms with Gasteiger partial charge in [0, 0.05) is 4.75 Å². The number of carbonyl (C=O) groups is 2. The van der Waals surface area contributed by atoms with Gasteiger partial charge in [0.1, 0.15) is 17.5 Å². The number of amides is 1. The number of rotatable bonds is 2. The van der Waals surface area contributed by atoms with Gasteiger partial charge in [0.15, 0.2) is 0 Å². The zero-order chi connectivity index (χ0) is 19.2. The van der Waals surface area contributed by atoms with Gasteiger partial charge in [-0.05, 0) is 32.9 Å². The number of benzene rings is 1. The maximum absolute atomic E-state index is 11.4. The fourth-order valence-corrected chi connectivity index (χ4v) is 4.80. The van der Waals surface area contributed by atoms with E-state index in [1.807, 2.05) is 20.8 Å². The fraction of sp³-hybridized carbons (Fsp3) is 0.467. The Morgan fingerprint density at radius 1 is 1.28 bits per heavy atom. The smallest absolute Gasteiger partial charge is 0.327 e. The highest BCUT2D eigenvalue weighted by molar-refractivity contribution is 8.01. The molecule has 0 aliphatic carbocycles. The number of nitrogens with zero attached hydrogens (tertiary/aromatic N) is 1. The largest absolute Gasteiger partial charge is 0.480 e. The van der Waals surface area contributed by atoms with Gasteiger partial charge in [-0.25, -0.2) is 4.79 Å². The van der Waals surface area contributed by atoms with Crippen LogP contribution < -0.4 is 5.73 Å². The summed E-state index contributed by atoms with van der Waals surface area (Å²) in [6.07, 6.45) is 0. The van der Waals surface area contributed by atoms with Gasteiger partial charge >= 0.3 is 5.97 Å². The number of fused-ring (bicyclic) bond motifs is 1. The van der Waals surface area contributed by atoms with Crippen LogP contribution in [0.3, 0.4) is 0 Å². The number of carbonyl (C=O) groups excluding carboxylic acids is 1. The predicted octanol–water partition coefficient (Wildman–Crippen LogP) is 0.702. The van der Waals surface area contributed by atoms with Crippen molar-refractivity contribution >= 4 is 33.8 Å². The van der Waals surface area contributed by atoms with Crippen molar-refractivity contribution in [1.29, 1.82) is 0 Å². The minimum absolute atomic E-state index is 0.0666. The summed E-state index contributed by atoms with van der Waals surface area (Å²) in [5.41, 5.74) is 6.54. The molecule has 3 rings (SSSR count).